The maximum absolute atomic E-state index is 12.9. The molecule has 3 rings (SSSR count). The van der Waals surface area contributed by atoms with E-state index in [-0.39, 0.29) is 12.5 Å². The summed E-state index contributed by atoms with van der Waals surface area (Å²) in [6.45, 7) is 4.30. The van der Waals surface area contributed by atoms with Gasteiger partial charge in [-0.25, -0.2) is 0 Å². The minimum atomic E-state index is -0.171. The van der Waals surface area contributed by atoms with Gasteiger partial charge in [-0.15, -0.1) is 0 Å². The van der Waals surface area contributed by atoms with Crippen molar-refractivity contribution < 1.29 is 14.3 Å². The van der Waals surface area contributed by atoms with E-state index in [0.29, 0.717) is 22.1 Å². The number of para-hydroxylation sites is 2. The molecular weight excluding hydrogens is 386 g/mol. The number of anilines is 1. The number of hydrogen-bond acceptors (Lipinski definition) is 3. The molecule has 0 aromatic heterocycles. The smallest absolute Gasteiger partial charge is 0.255 e. The molecule has 150 valence electrons. The quantitative estimate of drug-likeness (QED) is 0.516. The molecule has 5 heteroatoms. The van der Waals surface area contributed by atoms with E-state index in [1.807, 2.05) is 37.3 Å². The van der Waals surface area contributed by atoms with Gasteiger partial charge in [0.2, 0.25) is 0 Å². The van der Waals surface area contributed by atoms with E-state index < -0.39 is 0 Å². The lowest BCUT2D eigenvalue weighted by molar-refractivity contribution is 0.102. The summed E-state index contributed by atoms with van der Waals surface area (Å²) in [5.74, 6) is 1.06. The second kappa shape index (κ2) is 9.48. The molecule has 1 N–H and O–H groups in total. The molecule has 0 aliphatic carbocycles. The fraction of sp³-hybridized carbons (Fsp3) is 0.208. The maximum Gasteiger partial charge on any atom is 0.255 e. The first kappa shape index (κ1) is 20.7. The Balaban J connectivity index is 1.83. The van der Waals surface area contributed by atoms with Crippen LogP contribution in [0.25, 0.3) is 0 Å². The van der Waals surface area contributed by atoms with E-state index in [1.165, 1.54) is 0 Å². The van der Waals surface area contributed by atoms with E-state index in [0.717, 1.165) is 28.8 Å². The van der Waals surface area contributed by atoms with Crippen molar-refractivity contribution in [2.45, 2.75) is 26.9 Å². The number of benzene rings is 3. The van der Waals surface area contributed by atoms with Gasteiger partial charge >= 0.3 is 0 Å². The lowest BCUT2D eigenvalue weighted by Crippen LogP contribution is -2.15. The van der Waals surface area contributed by atoms with E-state index in [1.54, 1.807) is 37.4 Å². The Morgan fingerprint density at radius 1 is 1.00 bits per heavy atom. The fourth-order valence-corrected chi connectivity index (χ4v) is 3.33. The first-order valence-corrected chi connectivity index (χ1v) is 9.85. The number of nitrogens with one attached hydrogen (secondary N) is 1. The van der Waals surface area contributed by atoms with Gasteiger partial charge in [-0.3, -0.25) is 4.79 Å². The maximum atomic E-state index is 12.9. The third-order valence-electron chi connectivity index (χ3n) is 4.74. The SMILES string of the molecule is CCc1cccc(C)c1NC(=O)c1ccc(OC)c(COc2ccccc2Cl)c1. The van der Waals surface area contributed by atoms with E-state index in [4.69, 9.17) is 21.1 Å². The number of carbonyl (C=O) groups is 1. The molecule has 4 nitrogen and oxygen atoms in total. The number of rotatable bonds is 7. The average Bonchev–Trinajstić information content (AvgIpc) is 2.74. The van der Waals surface area contributed by atoms with Gasteiger partial charge in [-0.05, 0) is 54.8 Å². The summed E-state index contributed by atoms with van der Waals surface area (Å²) in [6.07, 6.45) is 0.844. The van der Waals surface area contributed by atoms with Crippen molar-refractivity contribution in [1.82, 2.24) is 0 Å². The van der Waals surface area contributed by atoms with Crippen molar-refractivity contribution in [2.24, 2.45) is 0 Å². The van der Waals surface area contributed by atoms with E-state index in [9.17, 15) is 4.79 Å². The monoisotopic (exact) mass is 409 g/mol. The second-order valence-corrected chi connectivity index (χ2v) is 7.07. The lowest BCUT2D eigenvalue weighted by Gasteiger charge is -2.15. The van der Waals surface area contributed by atoms with Gasteiger partial charge in [0.05, 0.1) is 12.1 Å². The van der Waals surface area contributed by atoms with Crippen molar-refractivity contribution in [2.75, 3.05) is 12.4 Å². The third kappa shape index (κ3) is 4.90. The van der Waals surface area contributed by atoms with Crippen LogP contribution in [0, 0.1) is 6.92 Å². The summed E-state index contributed by atoms with van der Waals surface area (Å²) < 4.78 is 11.3. The predicted molar refractivity (Wildman–Crippen MR) is 117 cm³/mol. The zero-order valence-corrected chi connectivity index (χ0v) is 17.5. The summed E-state index contributed by atoms with van der Waals surface area (Å²) in [5.41, 5.74) is 4.31. The normalized spacial score (nSPS) is 10.5. The molecule has 0 bridgehead atoms. The Hall–Kier alpha value is -2.98. The first-order valence-electron chi connectivity index (χ1n) is 9.47. The number of methoxy groups -OCH3 is 1. The predicted octanol–water partition coefficient (Wildman–Crippen LogP) is 6.05. The molecule has 3 aromatic carbocycles. The van der Waals surface area contributed by atoms with Crippen LogP contribution in [0.15, 0.2) is 60.7 Å². The zero-order valence-electron chi connectivity index (χ0n) is 16.8. The number of aryl methyl sites for hydroxylation is 2. The van der Waals surface area contributed by atoms with Crippen LogP contribution >= 0.6 is 11.6 Å². The van der Waals surface area contributed by atoms with Gasteiger partial charge in [0.15, 0.2) is 0 Å². The van der Waals surface area contributed by atoms with Crippen LogP contribution in [0.3, 0.4) is 0 Å². The van der Waals surface area contributed by atoms with Crippen LogP contribution in [-0.4, -0.2) is 13.0 Å². The molecule has 0 heterocycles. The van der Waals surface area contributed by atoms with Crippen molar-refractivity contribution in [3.8, 4) is 11.5 Å². The highest BCUT2D eigenvalue weighted by Crippen LogP contribution is 2.27. The van der Waals surface area contributed by atoms with Crippen LogP contribution in [0.1, 0.15) is 34.0 Å². The summed E-state index contributed by atoms with van der Waals surface area (Å²) in [5, 5.41) is 3.59. The molecule has 0 saturated carbocycles. The molecule has 0 spiro atoms. The van der Waals surface area contributed by atoms with Gasteiger partial charge < -0.3 is 14.8 Å². The number of carbonyl (C=O) groups excluding carboxylic acids is 1. The van der Waals surface area contributed by atoms with E-state index >= 15 is 0 Å². The number of hydrogen-bond donors (Lipinski definition) is 1. The van der Waals surface area contributed by atoms with Crippen LogP contribution in [0.5, 0.6) is 11.5 Å². The molecular formula is C24H24ClNO3. The first-order chi connectivity index (χ1) is 14.0. The fourth-order valence-electron chi connectivity index (χ4n) is 3.14. The van der Waals surface area contributed by atoms with Crippen LogP contribution in [0.4, 0.5) is 5.69 Å². The number of halogens is 1. The van der Waals surface area contributed by atoms with Gasteiger partial charge in [-0.2, -0.15) is 0 Å². The summed E-state index contributed by atoms with van der Waals surface area (Å²) in [7, 11) is 1.59. The standard InChI is InChI=1S/C24H24ClNO3/c1-4-17-9-7-8-16(2)23(17)26-24(27)18-12-13-21(28-3)19(14-18)15-29-22-11-6-5-10-20(22)25/h5-14H,4,15H2,1-3H3,(H,26,27). The molecule has 0 unspecified atom stereocenters. The summed E-state index contributed by atoms with van der Waals surface area (Å²) >= 11 is 6.16. The van der Waals surface area contributed by atoms with Gasteiger partial charge in [0, 0.05) is 16.8 Å². The molecule has 0 radical (unpaired) electrons. The Morgan fingerprint density at radius 3 is 2.52 bits per heavy atom. The van der Waals surface area contributed by atoms with Crippen molar-refractivity contribution in [3.05, 3.63) is 87.9 Å². The van der Waals surface area contributed by atoms with E-state index in [2.05, 4.69) is 12.2 Å². The van der Waals surface area contributed by atoms with Crippen LogP contribution in [0.2, 0.25) is 5.02 Å². The highest BCUT2D eigenvalue weighted by molar-refractivity contribution is 6.32. The van der Waals surface area contributed by atoms with Crippen molar-refractivity contribution >= 4 is 23.2 Å². The zero-order chi connectivity index (χ0) is 20.8. The van der Waals surface area contributed by atoms with Crippen molar-refractivity contribution in [1.29, 1.82) is 0 Å². The molecule has 29 heavy (non-hydrogen) atoms. The number of amides is 1. The van der Waals surface area contributed by atoms with Crippen LogP contribution < -0.4 is 14.8 Å². The Labute approximate surface area is 176 Å². The largest absolute Gasteiger partial charge is 0.496 e. The Kier molecular flexibility index (Phi) is 6.78. The lowest BCUT2D eigenvalue weighted by atomic mass is 10.0. The molecule has 0 saturated heterocycles. The summed E-state index contributed by atoms with van der Waals surface area (Å²) in [6, 6.07) is 18.6. The van der Waals surface area contributed by atoms with Gasteiger partial charge in [0.25, 0.3) is 5.91 Å². The minimum Gasteiger partial charge on any atom is -0.496 e. The van der Waals surface area contributed by atoms with Crippen molar-refractivity contribution in [3.63, 3.8) is 0 Å². The third-order valence-corrected chi connectivity index (χ3v) is 5.05. The van der Waals surface area contributed by atoms with Crippen LogP contribution in [-0.2, 0) is 13.0 Å². The molecule has 0 fully saturated rings. The topological polar surface area (TPSA) is 47.6 Å². The Morgan fingerprint density at radius 2 is 1.79 bits per heavy atom. The molecule has 0 aliphatic heterocycles. The second-order valence-electron chi connectivity index (χ2n) is 6.66. The molecule has 3 aromatic rings. The minimum absolute atomic E-state index is 0.171. The summed E-state index contributed by atoms with van der Waals surface area (Å²) in [4.78, 5) is 12.9. The Bertz CT molecular complexity index is 1020. The molecule has 0 aliphatic rings. The number of ether oxygens (including phenoxy) is 2. The van der Waals surface area contributed by atoms with Gasteiger partial charge in [-0.1, -0.05) is 48.9 Å². The molecule has 1 amide bonds. The highest BCUT2D eigenvalue weighted by Gasteiger charge is 2.14. The average molecular weight is 410 g/mol. The molecule has 0 atom stereocenters. The highest BCUT2D eigenvalue weighted by atomic mass is 35.5. The van der Waals surface area contributed by atoms with Gasteiger partial charge in [0.1, 0.15) is 18.1 Å².